The van der Waals surface area contributed by atoms with Crippen molar-refractivity contribution in [1.82, 2.24) is 4.98 Å². The number of hydrogen-bond acceptors (Lipinski definition) is 3. The topological polar surface area (TPSA) is 28.2 Å². The lowest BCUT2D eigenvalue weighted by Gasteiger charge is -2.18. The van der Waals surface area contributed by atoms with Crippen LogP contribution in [0.1, 0.15) is 13.3 Å². The van der Waals surface area contributed by atoms with Crippen molar-refractivity contribution in [3.63, 3.8) is 0 Å². The fourth-order valence-corrected chi connectivity index (χ4v) is 1.29. The van der Waals surface area contributed by atoms with Crippen LogP contribution >= 0.6 is 0 Å². The van der Waals surface area contributed by atoms with Gasteiger partial charge in [-0.25, -0.2) is 13.8 Å². The first-order valence-corrected chi connectivity index (χ1v) is 5.33. The van der Waals surface area contributed by atoms with Crippen LogP contribution in [0.3, 0.4) is 0 Å². The average Bonchev–Trinajstić information content (AvgIpc) is 2.26. The van der Waals surface area contributed by atoms with E-state index in [0.717, 1.165) is 18.8 Å². The van der Waals surface area contributed by atoms with E-state index in [0.29, 0.717) is 5.82 Å². The van der Waals surface area contributed by atoms with Crippen LogP contribution in [-0.4, -0.2) is 31.5 Å². The molecule has 0 aromatic carbocycles. The molecule has 3 nitrogen and oxygen atoms in total. The zero-order valence-corrected chi connectivity index (χ0v) is 9.58. The van der Waals surface area contributed by atoms with Gasteiger partial charge in [0.05, 0.1) is 6.54 Å². The van der Waals surface area contributed by atoms with Crippen molar-refractivity contribution in [2.45, 2.75) is 19.8 Å². The molecule has 0 saturated carbocycles. The van der Waals surface area contributed by atoms with E-state index in [1.54, 1.807) is 13.1 Å². The molecule has 0 amide bonds. The first-order chi connectivity index (χ1) is 7.63. The van der Waals surface area contributed by atoms with Gasteiger partial charge < -0.3 is 10.2 Å². The van der Waals surface area contributed by atoms with Crippen molar-refractivity contribution in [2.24, 2.45) is 0 Å². The van der Waals surface area contributed by atoms with Crippen LogP contribution in [0.15, 0.2) is 18.2 Å². The van der Waals surface area contributed by atoms with E-state index in [4.69, 9.17) is 0 Å². The third kappa shape index (κ3) is 4.00. The zero-order valence-electron chi connectivity index (χ0n) is 9.58. The van der Waals surface area contributed by atoms with Crippen LogP contribution in [0.25, 0.3) is 0 Å². The number of halogens is 2. The molecule has 0 aliphatic carbocycles. The standard InChI is InChI=1S/C11H17F2N3/c1-3-7-14-10-5-4-6-11(15-10)16(2)8-9(12)13/h4-6,9H,3,7-8H2,1-2H3,(H,14,15). The van der Waals surface area contributed by atoms with Crippen LogP contribution in [-0.2, 0) is 0 Å². The minimum absolute atomic E-state index is 0.301. The van der Waals surface area contributed by atoms with Crippen LogP contribution in [0.4, 0.5) is 20.4 Å². The second-order valence-corrected chi connectivity index (χ2v) is 3.58. The number of pyridine rings is 1. The highest BCUT2D eigenvalue weighted by atomic mass is 19.3. The summed E-state index contributed by atoms with van der Waals surface area (Å²) >= 11 is 0. The molecule has 0 aliphatic rings. The Balaban J connectivity index is 2.65. The third-order valence-electron chi connectivity index (χ3n) is 2.09. The molecule has 16 heavy (non-hydrogen) atoms. The molecule has 1 aromatic rings. The smallest absolute Gasteiger partial charge is 0.255 e. The van der Waals surface area contributed by atoms with Crippen LogP contribution in [0.5, 0.6) is 0 Å². The molecular weight excluding hydrogens is 212 g/mol. The summed E-state index contributed by atoms with van der Waals surface area (Å²) in [7, 11) is 1.61. The minimum Gasteiger partial charge on any atom is -0.370 e. The summed E-state index contributed by atoms with van der Waals surface area (Å²) in [5, 5.41) is 3.12. The van der Waals surface area contributed by atoms with Gasteiger partial charge in [0.1, 0.15) is 11.6 Å². The highest BCUT2D eigenvalue weighted by Gasteiger charge is 2.09. The average molecular weight is 229 g/mol. The highest BCUT2D eigenvalue weighted by Crippen LogP contribution is 2.13. The van der Waals surface area contributed by atoms with Crippen molar-refractivity contribution in [2.75, 3.05) is 30.4 Å². The van der Waals surface area contributed by atoms with Gasteiger partial charge in [-0.05, 0) is 18.6 Å². The Morgan fingerprint density at radius 1 is 1.44 bits per heavy atom. The first kappa shape index (κ1) is 12.7. The summed E-state index contributed by atoms with van der Waals surface area (Å²) in [5.74, 6) is 1.28. The van der Waals surface area contributed by atoms with Crippen LogP contribution in [0.2, 0.25) is 0 Å². The van der Waals surface area contributed by atoms with Gasteiger partial charge in [0, 0.05) is 13.6 Å². The Kier molecular flexibility index (Phi) is 4.95. The molecular formula is C11H17F2N3. The highest BCUT2D eigenvalue weighted by molar-refractivity contribution is 5.46. The Hall–Kier alpha value is -1.39. The maximum atomic E-state index is 12.2. The van der Waals surface area contributed by atoms with E-state index in [1.165, 1.54) is 4.90 Å². The Morgan fingerprint density at radius 2 is 2.19 bits per heavy atom. The largest absolute Gasteiger partial charge is 0.370 e. The number of hydrogen-bond donors (Lipinski definition) is 1. The van der Waals surface area contributed by atoms with E-state index in [-0.39, 0.29) is 6.54 Å². The molecule has 90 valence electrons. The summed E-state index contributed by atoms with van der Waals surface area (Å²) in [6, 6.07) is 5.36. The molecule has 1 heterocycles. The van der Waals surface area contributed by atoms with Gasteiger partial charge in [0.2, 0.25) is 0 Å². The van der Waals surface area contributed by atoms with Gasteiger partial charge in [-0.2, -0.15) is 0 Å². The lowest BCUT2D eigenvalue weighted by Crippen LogP contribution is -2.25. The van der Waals surface area contributed by atoms with E-state index in [2.05, 4.69) is 17.2 Å². The number of rotatable bonds is 6. The molecule has 1 rings (SSSR count). The fourth-order valence-electron chi connectivity index (χ4n) is 1.29. The van der Waals surface area contributed by atoms with Crippen molar-refractivity contribution in [3.8, 4) is 0 Å². The summed E-state index contributed by atoms with van der Waals surface area (Å²) in [4.78, 5) is 5.69. The van der Waals surface area contributed by atoms with E-state index in [1.807, 2.05) is 12.1 Å². The maximum absolute atomic E-state index is 12.2. The lowest BCUT2D eigenvalue weighted by molar-refractivity contribution is 0.156. The SMILES string of the molecule is CCCNc1cccc(N(C)CC(F)F)n1. The predicted octanol–water partition coefficient (Wildman–Crippen LogP) is 2.60. The van der Waals surface area contributed by atoms with Crippen molar-refractivity contribution in [3.05, 3.63) is 18.2 Å². The van der Waals surface area contributed by atoms with Gasteiger partial charge in [0.25, 0.3) is 6.43 Å². The monoisotopic (exact) mass is 229 g/mol. The minimum atomic E-state index is -2.35. The predicted molar refractivity (Wildman–Crippen MR) is 62.3 cm³/mol. The lowest BCUT2D eigenvalue weighted by atomic mass is 10.4. The van der Waals surface area contributed by atoms with Crippen LogP contribution in [0, 0.1) is 0 Å². The maximum Gasteiger partial charge on any atom is 0.255 e. The van der Waals surface area contributed by atoms with Gasteiger partial charge in [0.15, 0.2) is 0 Å². The van der Waals surface area contributed by atoms with Crippen molar-refractivity contribution < 1.29 is 8.78 Å². The number of anilines is 2. The molecule has 0 unspecified atom stereocenters. The molecule has 1 aromatic heterocycles. The Bertz CT molecular complexity index is 318. The van der Waals surface area contributed by atoms with Crippen molar-refractivity contribution >= 4 is 11.6 Å². The molecule has 1 N–H and O–H groups in total. The van der Waals surface area contributed by atoms with Gasteiger partial charge >= 0.3 is 0 Å². The molecule has 0 saturated heterocycles. The second-order valence-electron chi connectivity index (χ2n) is 3.58. The fraction of sp³-hybridized carbons (Fsp3) is 0.545. The van der Waals surface area contributed by atoms with Crippen molar-refractivity contribution in [1.29, 1.82) is 0 Å². The van der Waals surface area contributed by atoms with Crippen LogP contribution < -0.4 is 10.2 Å². The Labute approximate surface area is 94.5 Å². The molecule has 0 atom stereocenters. The number of nitrogens with one attached hydrogen (secondary N) is 1. The third-order valence-corrected chi connectivity index (χ3v) is 2.09. The van der Waals surface area contributed by atoms with E-state index < -0.39 is 6.43 Å². The van der Waals surface area contributed by atoms with Gasteiger partial charge in [-0.3, -0.25) is 0 Å². The quantitative estimate of drug-likeness (QED) is 0.812. The molecule has 0 fully saturated rings. The molecule has 0 radical (unpaired) electrons. The zero-order chi connectivity index (χ0) is 12.0. The second kappa shape index (κ2) is 6.25. The van der Waals surface area contributed by atoms with Gasteiger partial charge in [-0.15, -0.1) is 0 Å². The number of alkyl halides is 2. The summed E-state index contributed by atoms with van der Waals surface area (Å²) in [6.07, 6.45) is -1.35. The molecule has 0 bridgehead atoms. The summed E-state index contributed by atoms with van der Waals surface area (Å²) in [6.45, 7) is 2.58. The Morgan fingerprint density at radius 3 is 2.81 bits per heavy atom. The molecule has 0 spiro atoms. The molecule has 5 heteroatoms. The summed E-state index contributed by atoms with van der Waals surface area (Å²) < 4.78 is 24.4. The van der Waals surface area contributed by atoms with E-state index in [9.17, 15) is 8.78 Å². The number of nitrogens with zero attached hydrogens (tertiary/aromatic N) is 2. The summed E-state index contributed by atoms with van der Waals surface area (Å²) in [5.41, 5.74) is 0. The normalized spacial score (nSPS) is 10.6. The first-order valence-electron chi connectivity index (χ1n) is 5.33. The molecule has 0 aliphatic heterocycles. The van der Waals surface area contributed by atoms with Gasteiger partial charge in [-0.1, -0.05) is 13.0 Å². The van der Waals surface area contributed by atoms with E-state index >= 15 is 0 Å². The number of aromatic nitrogens is 1.